The third-order valence-electron chi connectivity index (χ3n) is 3.82. The van der Waals surface area contributed by atoms with Gasteiger partial charge in [0.25, 0.3) is 15.9 Å². The molecule has 2 aromatic carbocycles. The number of para-hydroxylation sites is 1. The number of carbonyl (C=O) groups excluding carboxylic acids is 1. The van der Waals surface area contributed by atoms with E-state index < -0.39 is 21.7 Å². The number of halogens is 1. The normalized spacial score (nSPS) is 11.0. The number of aromatic nitrogens is 1. The average Bonchev–Trinajstić information content (AvgIpc) is 2.64. The van der Waals surface area contributed by atoms with Gasteiger partial charge in [-0.15, -0.1) is 0 Å². The van der Waals surface area contributed by atoms with Crippen LogP contribution in [0.5, 0.6) is 0 Å². The smallest absolute Gasteiger partial charge is 0.262 e. The van der Waals surface area contributed by atoms with Crippen molar-refractivity contribution in [3.05, 3.63) is 83.9 Å². The van der Waals surface area contributed by atoms with E-state index in [-0.39, 0.29) is 16.1 Å². The number of amides is 1. The molecule has 0 saturated heterocycles. The fourth-order valence-electron chi connectivity index (χ4n) is 2.39. The maximum atomic E-state index is 13.8. The first-order valence-corrected chi connectivity index (χ1v) is 9.44. The highest BCUT2D eigenvalue weighted by atomic mass is 32.2. The molecular weight excluding hydrogens is 369 g/mol. The summed E-state index contributed by atoms with van der Waals surface area (Å²) in [5.41, 5.74) is 1.17. The molecule has 0 unspecified atom stereocenters. The van der Waals surface area contributed by atoms with Crippen LogP contribution in [0.1, 0.15) is 15.9 Å². The molecule has 1 heterocycles. The Balaban J connectivity index is 1.90. The Morgan fingerprint density at radius 1 is 1.04 bits per heavy atom. The lowest BCUT2D eigenvalue weighted by Crippen LogP contribution is -2.17. The van der Waals surface area contributed by atoms with Gasteiger partial charge >= 0.3 is 0 Å². The van der Waals surface area contributed by atoms with Crippen molar-refractivity contribution in [1.82, 2.24) is 4.98 Å². The van der Waals surface area contributed by atoms with Gasteiger partial charge in [-0.2, -0.15) is 0 Å². The van der Waals surface area contributed by atoms with E-state index in [4.69, 9.17) is 0 Å². The molecule has 27 heavy (non-hydrogen) atoms. The van der Waals surface area contributed by atoms with E-state index in [0.29, 0.717) is 11.3 Å². The zero-order chi connectivity index (χ0) is 19.4. The molecule has 0 saturated carbocycles. The molecule has 0 fully saturated rings. The molecule has 8 heteroatoms. The van der Waals surface area contributed by atoms with Gasteiger partial charge in [0.1, 0.15) is 5.82 Å². The number of hydrogen-bond donors (Lipinski definition) is 2. The van der Waals surface area contributed by atoms with Gasteiger partial charge in [-0.05, 0) is 48.9 Å². The quantitative estimate of drug-likeness (QED) is 0.703. The number of aryl methyl sites for hydroxylation is 1. The SMILES string of the molecule is Cc1ccc(S(=O)(=O)Nc2ccccc2F)cc1C(=O)Nc1ccncc1. The van der Waals surface area contributed by atoms with Crippen LogP contribution in [0.2, 0.25) is 0 Å². The number of pyridine rings is 1. The summed E-state index contributed by atoms with van der Waals surface area (Å²) >= 11 is 0. The van der Waals surface area contributed by atoms with Crippen LogP contribution >= 0.6 is 0 Å². The predicted molar refractivity (Wildman–Crippen MR) is 101 cm³/mol. The Labute approximate surface area is 156 Å². The molecule has 0 aliphatic rings. The lowest BCUT2D eigenvalue weighted by molar-refractivity contribution is 0.102. The summed E-state index contributed by atoms with van der Waals surface area (Å²) < 4.78 is 41.1. The molecule has 2 N–H and O–H groups in total. The minimum absolute atomic E-state index is 0.142. The molecule has 0 aliphatic carbocycles. The molecular formula is C19H16FN3O3S. The van der Waals surface area contributed by atoms with Gasteiger partial charge < -0.3 is 5.32 Å². The van der Waals surface area contributed by atoms with Crippen molar-refractivity contribution < 1.29 is 17.6 Å². The third kappa shape index (κ3) is 4.29. The van der Waals surface area contributed by atoms with Gasteiger partial charge in [0.15, 0.2) is 0 Å². The molecule has 1 aromatic heterocycles. The van der Waals surface area contributed by atoms with Gasteiger partial charge in [-0.25, -0.2) is 12.8 Å². The van der Waals surface area contributed by atoms with Gasteiger partial charge in [0.05, 0.1) is 10.6 Å². The van der Waals surface area contributed by atoms with Crippen molar-refractivity contribution in [3.63, 3.8) is 0 Å². The maximum Gasteiger partial charge on any atom is 0.262 e. The number of anilines is 2. The fraction of sp³-hybridized carbons (Fsp3) is 0.0526. The van der Waals surface area contributed by atoms with E-state index in [1.165, 1.54) is 48.8 Å². The summed E-state index contributed by atoms with van der Waals surface area (Å²) in [5.74, 6) is -1.15. The van der Waals surface area contributed by atoms with Crippen molar-refractivity contribution >= 4 is 27.3 Å². The van der Waals surface area contributed by atoms with E-state index in [2.05, 4.69) is 15.0 Å². The maximum absolute atomic E-state index is 13.8. The minimum Gasteiger partial charge on any atom is -0.322 e. The topological polar surface area (TPSA) is 88.2 Å². The molecule has 0 spiro atoms. The van der Waals surface area contributed by atoms with Crippen molar-refractivity contribution in [2.24, 2.45) is 0 Å². The monoisotopic (exact) mass is 385 g/mol. The van der Waals surface area contributed by atoms with Gasteiger partial charge in [0.2, 0.25) is 0 Å². The van der Waals surface area contributed by atoms with Crippen LogP contribution in [0, 0.1) is 12.7 Å². The van der Waals surface area contributed by atoms with Gasteiger partial charge in [-0.3, -0.25) is 14.5 Å². The molecule has 0 atom stereocenters. The predicted octanol–water partition coefficient (Wildman–Crippen LogP) is 3.58. The number of sulfonamides is 1. The summed E-state index contributed by atoms with van der Waals surface area (Å²) in [6.07, 6.45) is 3.06. The number of rotatable bonds is 5. The molecule has 6 nitrogen and oxygen atoms in total. The van der Waals surface area contributed by atoms with Gasteiger partial charge in [0, 0.05) is 23.6 Å². The fourth-order valence-corrected chi connectivity index (χ4v) is 3.49. The Bertz CT molecular complexity index is 1090. The second-order valence-electron chi connectivity index (χ2n) is 5.75. The third-order valence-corrected chi connectivity index (χ3v) is 5.18. The van der Waals surface area contributed by atoms with Crippen LogP contribution < -0.4 is 10.0 Å². The van der Waals surface area contributed by atoms with Crippen LogP contribution in [-0.4, -0.2) is 19.3 Å². The highest BCUT2D eigenvalue weighted by Gasteiger charge is 2.19. The summed E-state index contributed by atoms with van der Waals surface area (Å²) in [6.45, 7) is 1.70. The first kappa shape index (κ1) is 18.5. The largest absolute Gasteiger partial charge is 0.322 e. The van der Waals surface area contributed by atoms with E-state index in [9.17, 15) is 17.6 Å². The number of benzene rings is 2. The lowest BCUT2D eigenvalue weighted by atomic mass is 10.1. The first-order chi connectivity index (χ1) is 12.9. The van der Waals surface area contributed by atoms with Crippen molar-refractivity contribution in [3.8, 4) is 0 Å². The summed E-state index contributed by atoms with van der Waals surface area (Å²) in [7, 11) is -4.06. The second kappa shape index (κ2) is 7.55. The van der Waals surface area contributed by atoms with Gasteiger partial charge in [-0.1, -0.05) is 18.2 Å². The Hall–Kier alpha value is -3.26. The highest BCUT2D eigenvalue weighted by Crippen LogP contribution is 2.21. The second-order valence-corrected chi connectivity index (χ2v) is 7.43. The van der Waals surface area contributed by atoms with Crippen LogP contribution in [0.4, 0.5) is 15.8 Å². The average molecular weight is 385 g/mol. The Kier molecular flexibility index (Phi) is 5.18. The number of nitrogens with zero attached hydrogens (tertiary/aromatic N) is 1. The summed E-state index contributed by atoms with van der Waals surface area (Å²) in [5, 5.41) is 2.68. The molecule has 0 radical (unpaired) electrons. The molecule has 0 aliphatic heterocycles. The number of hydrogen-bond acceptors (Lipinski definition) is 4. The van der Waals surface area contributed by atoms with Crippen molar-refractivity contribution in [2.45, 2.75) is 11.8 Å². The van der Waals surface area contributed by atoms with E-state index >= 15 is 0 Å². The lowest BCUT2D eigenvalue weighted by Gasteiger charge is -2.12. The van der Waals surface area contributed by atoms with Crippen LogP contribution in [0.25, 0.3) is 0 Å². The van der Waals surface area contributed by atoms with Crippen LogP contribution in [0.15, 0.2) is 71.9 Å². The van der Waals surface area contributed by atoms with E-state index in [1.54, 1.807) is 19.1 Å². The highest BCUT2D eigenvalue weighted by molar-refractivity contribution is 7.92. The van der Waals surface area contributed by atoms with Crippen LogP contribution in [-0.2, 0) is 10.0 Å². The minimum atomic E-state index is -4.06. The molecule has 1 amide bonds. The summed E-state index contributed by atoms with van der Waals surface area (Å²) in [6, 6.07) is 12.8. The molecule has 3 aromatic rings. The van der Waals surface area contributed by atoms with Crippen LogP contribution in [0.3, 0.4) is 0 Å². The van der Waals surface area contributed by atoms with E-state index in [0.717, 1.165) is 6.07 Å². The summed E-state index contributed by atoms with van der Waals surface area (Å²) in [4.78, 5) is 16.2. The zero-order valence-electron chi connectivity index (χ0n) is 14.3. The van der Waals surface area contributed by atoms with E-state index in [1.807, 2.05) is 0 Å². The zero-order valence-corrected chi connectivity index (χ0v) is 15.1. The standard InChI is InChI=1S/C19H16FN3O3S/c1-13-6-7-15(27(25,26)23-18-5-3-2-4-17(18)20)12-16(13)19(24)22-14-8-10-21-11-9-14/h2-12,23H,1H3,(H,21,22,24). The molecule has 0 bridgehead atoms. The van der Waals surface area contributed by atoms with Crippen molar-refractivity contribution in [2.75, 3.05) is 10.0 Å². The molecule has 3 rings (SSSR count). The number of carbonyl (C=O) groups is 1. The molecule has 138 valence electrons. The van der Waals surface area contributed by atoms with Crippen molar-refractivity contribution in [1.29, 1.82) is 0 Å². The Morgan fingerprint density at radius 2 is 1.74 bits per heavy atom. The first-order valence-electron chi connectivity index (χ1n) is 7.96. The number of nitrogens with one attached hydrogen (secondary N) is 2. The Morgan fingerprint density at radius 3 is 2.44 bits per heavy atom.